The van der Waals surface area contributed by atoms with Crippen molar-refractivity contribution < 1.29 is 9.53 Å². The van der Waals surface area contributed by atoms with E-state index in [0.717, 1.165) is 36.5 Å². The summed E-state index contributed by atoms with van der Waals surface area (Å²) in [6.45, 7) is 0.890. The molecule has 0 bridgehead atoms. The highest BCUT2D eigenvalue weighted by Crippen LogP contribution is 2.25. The van der Waals surface area contributed by atoms with Crippen LogP contribution in [-0.2, 0) is 9.53 Å². The molecular weight excluding hydrogens is 260 g/mol. The van der Waals surface area contributed by atoms with Gasteiger partial charge in [-0.1, -0.05) is 29.9 Å². The second-order valence-corrected chi connectivity index (χ2v) is 5.33. The summed E-state index contributed by atoms with van der Waals surface area (Å²) in [7, 11) is 1.43. The van der Waals surface area contributed by atoms with Crippen molar-refractivity contribution in [2.45, 2.75) is 25.7 Å². The highest BCUT2D eigenvalue weighted by atomic mass is 32.1. The maximum Gasteiger partial charge on any atom is 0.305 e. The molecule has 0 aliphatic heterocycles. The number of ether oxygens (including phenoxy) is 1. The van der Waals surface area contributed by atoms with Gasteiger partial charge in [-0.25, -0.2) is 4.98 Å². The van der Waals surface area contributed by atoms with E-state index in [1.165, 1.54) is 11.8 Å². The van der Waals surface area contributed by atoms with Crippen molar-refractivity contribution in [3.05, 3.63) is 24.3 Å². The molecule has 0 amide bonds. The third-order valence-corrected chi connectivity index (χ3v) is 3.85. The molecule has 1 N–H and O–H groups in total. The van der Waals surface area contributed by atoms with Crippen LogP contribution in [0.5, 0.6) is 0 Å². The number of methoxy groups -OCH3 is 1. The third kappa shape index (κ3) is 4.21. The minimum Gasteiger partial charge on any atom is -0.469 e. The van der Waals surface area contributed by atoms with Crippen LogP contribution < -0.4 is 5.32 Å². The fraction of sp³-hybridized carbons (Fsp3) is 0.429. The molecule has 2 rings (SSSR count). The first-order valence-corrected chi connectivity index (χ1v) is 7.27. The maximum atomic E-state index is 10.9. The molecule has 0 spiro atoms. The average Bonchev–Trinajstić information content (AvgIpc) is 2.84. The lowest BCUT2D eigenvalue weighted by Crippen LogP contribution is -2.02. The van der Waals surface area contributed by atoms with Crippen LogP contribution in [0.15, 0.2) is 24.3 Å². The van der Waals surface area contributed by atoms with E-state index in [2.05, 4.69) is 21.1 Å². The summed E-state index contributed by atoms with van der Waals surface area (Å²) in [5.41, 5.74) is 1.04. The minimum atomic E-state index is -0.126. The van der Waals surface area contributed by atoms with Gasteiger partial charge in [-0.05, 0) is 25.0 Å². The lowest BCUT2D eigenvalue weighted by molar-refractivity contribution is -0.140. The summed E-state index contributed by atoms with van der Waals surface area (Å²) in [6, 6.07) is 8.12. The number of rotatable bonds is 7. The van der Waals surface area contributed by atoms with Gasteiger partial charge in [0.1, 0.15) is 0 Å². The van der Waals surface area contributed by atoms with Gasteiger partial charge in [-0.15, -0.1) is 0 Å². The highest BCUT2D eigenvalue weighted by molar-refractivity contribution is 7.22. The standard InChI is InChI=1S/C14H18N2O2S/c1-18-13(17)9-3-2-6-10-15-14-16-11-7-4-5-8-12(11)19-14/h4-5,7-8H,2-3,6,9-10H2,1H3,(H,15,16). The predicted molar refractivity (Wildman–Crippen MR) is 78.6 cm³/mol. The number of fused-ring (bicyclic) bond motifs is 1. The number of aromatic nitrogens is 1. The number of hydrogen-bond donors (Lipinski definition) is 1. The zero-order valence-electron chi connectivity index (χ0n) is 11.0. The van der Waals surface area contributed by atoms with Crippen molar-refractivity contribution in [3.8, 4) is 0 Å². The lowest BCUT2D eigenvalue weighted by atomic mass is 10.2. The van der Waals surface area contributed by atoms with Gasteiger partial charge >= 0.3 is 5.97 Å². The Morgan fingerprint density at radius 2 is 2.16 bits per heavy atom. The Morgan fingerprint density at radius 1 is 1.32 bits per heavy atom. The Kier molecular flexibility index (Phi) is 5.15. The molecule has 0 saturated heterocycles. The molecule has 0 aliphatic carbocycles. The Balaban J connectivity index is 1.67. The number of hydrogen-bond acceptors (Lipinski definition) is 5. The van der Waals surface area contributed by atoms with Gasteiger partial charge in [0, 0.05) is 13.0 Å². The van der Waals surface area contributed by atoms with Crippen molar-refractivity contribution in [1.82, 2.24) is 4.98 Å². The van der Waals surface area contributed by atoms with E-state index >= 15 is 0 Å². The first-order chi connectivity index (χ1) is 9.29. The number of carbonyl (C=O) groups excluding carboxylic acids is 1. The van der Waals surface area contributed by atoms with Crippen LogP contribution in [-0.4, -0.2) is 24.6 Å². The quantitative estimate of drug-likeness (QED) is 0.622. The Bertz CT molecular complexity index is 506. The van der Waals surface area contributed by atoms with Gasteiger partial charge < -0.3 is 10.1 Å². The SMILES string of the molecule is COC(=O)CCCCCNc1nc2ccccc2s1. The summed E-state index contributed by atoms with van der Waals surface area (Å²) in [5.74, 6) is -0.126. The van der Waals surface area contributed by atoms with Crippen molar-refractivity contribution in [1.29, 1.82) is 0 Å². The Morgan fingerprint density at radius 3 is 2.95 bits per heavy atom. The number of unbranched alkanes of at least 4 members (excludes halogenated alkanes) is 2. The number of benzene rings is 1. The molecule has 0 aliphatic rings. The average molecular weight is 278 g/mol. The molecule has 0 fully saturated rings. The fourth-order valence-corrected chi connectivity index (χ4v) is 2.71. The number of nitrogens with one attached hydrogen (secondary N) is 1. The smallest absolute Gasteiger partial charge is 0.305 e. The van der Waals surface area contributed by atoms with Gasteiger partial charge in [0.15, 0.2) is 5.13 Å². The fourth-order valence-electron chi connectivity index (χ4n) is 1.82. The maximum absolute atomic E-state index is 10.9. The van der Waals surface area contributed by atoms with Crippen molar-refractivity contribution in [2.75, 3.05) is 19.0 Å². The Labute approximate surface area is 116 Å². The van der Waals surface area contributed by atoms with Crippen LogP contribution >= 0.6 is 11.3 Å². The van der Waals surface area contributed by atoms with E-state index in [1.54, 1.807) is 11.3 Å². The lowest BCUT2D eigenvalue weighted by Gasteiger charge is -2.02. The minimum absolute atomic E-state index is 0.126. The van der Waals surface area contributed by atoms with Crippen LogP contribution in [0.1, 0.15) is 25.7 Å². The predicted octanol–water partition coefficient (Wildman–Crippen LogP) is 3.44. The number of nitrogens with zero attached hydrogens (tertiary/aromatic N) is 1. The van der Waals surface area contributed by atoms with E-state index in [9.17, 15) is 4.79 Å². The van der Waals surface area contributed by atoms with Crippen LogP contribution in [0, 0.1) is 0 Å². The zero-order valence-corrected chi connectivity index (χ0v) is 11.8. The highest BCUT2D eigenvalue weighted by Gasteiger charge is 2.02. The summed E-state index contributed by atoms with van der Waals surface area (Å²) < 4.78 is 5.80. The van der Waals surface area contributed by atoms with Crippen molar-refractivity contribution >= 4 is 32.7 Å². The van der Waals surface area contributed by atoms with Gasteiger partial charge in [0.2, 0.25) is 0 Å². The molecule has 0 saturated carbocycles. The molecule has 19 heavy (non-hydrogen) atoms. The van der Waals surface area contributed by atoms with Crippen molar-refractivity contribution in [3.63, 3.8) is 0 Å². The molecule has 1 aromatic carbocycles. The Hall–Kier alpha value is -1.62. The topological polar surface area (TPSA) is 51.2 Å². The molecular formula is C14H18N2O2S. The first-order valence-electron chi connectivity index (χ1n) is 6.46. The van der Waals surface area contributed by atoms with Gasteiger partial charge in [0.25, 0.3) is 0 Å². The van der Waals surface area contributed by atoms with Crippen LogP contribution in [0.3, 0.4) is 0 Å². The number of esters is 1. The molecule has 0 radical (unpaired) electrons. The zero-order chi connectivity index (χ0) is 13.5. The van der Waals surface area contributed by atoms with E-state index in [4.69, 9.17) is 0 Å². The first kappa shape index (κ1) is 13.8. The van der Waals surface area contributed by atoms with Crippen LogP contribution in [0.4, 0.5) is 5.13 Å². The van der Waals surface area contributed by atoms with Crippen molar-refractivity contribution in [2.24, 2.45) is 0 Å². The molecule has 2 aromatic rings. The van der Waals surface area contributed by atoms with E-state index < -0.39 is 0 Å². The van der Waals surface area contributed by atoms with E-state index in [-0.39, 0.29) is 5.97 Å². The molecule has 0 unspecified atom stereocenters. The number of carbonyl (C=O) groups is 1. The van der Waals surface area contributed by atoms with Crippen LogP contribution in [0.2, 0.25) is 0 Å². The van der Waals surface area contributed by atoms with Gasteiger partial charge in [-0.3, -0.25) is 4.79 Å². The van der Waals surface area contributed by atoms with Gasteiger partial charge in [-0.2, -0.15) is 0 Å². The van der Waals surface area contributed by atoms with Crippen LogP contribution in [0.25, 0.3) is 10.2 Å². The van der Waals surface area contributed by atoms with Gasteiger partial charge in [0.05, 0.1) is 17.3 Å². The number of thiazole rings is 1. The molecule has 1 aromatic heterocycles. The second kappa shape index (κ2) is 7.09. The molecule has 1 heterocycles. The largest absolute Gasteiger partial charge is 0.469 e. The second-order valence-electron chi connectivity index (χ2n) is 4.30. The molecule has 102 valence electrons. The molecule has 5 heteroatoms. The normalized spacial score (nSPS) is 10.6. The summed E-state index contributed by atoms with van der Waals surface area (Å²) in [4.78, 5) is 15.4. The summed E-state index contributed by atoms with van der Waals surface area (Å²) >= 11 is 1.67. The third-order valence-electron chi connectivity index (χ3n) is 2.86. The number of para-hydroxylation sites is 1. The number of anilines is 1. The monoisotopic (exact) mass is 278 g/mol. The summed E-state index contributed by atoms with van der Waals surface area (Å²) in [6.07, 6.45) is 3.45. The molecule has 4 nitrogen and oxygen atoms in total. The molecule has 0 atom stereocenters. The van der Waals surface area contributed by atoms with E-state index in [0.29, 0.717) is 6.42 Å². The summed E-state index contributed by atoms with van der Waals surface area (Å²) in [5, 5.41) is 4.29. The van der Waals surface area contributed by atoms with E-state index in [1.807, 2.05) is 18.2 Å².